The Labute approximate surface area is 122 Å². The molecule has 0 aliphatic carbocycles. The Balaban J connectivity index is 1.99. The SMILES string of the molecule is CC(C(=O)N1CCCCCCC1)C(N)c1ccccc1. The third kappa shape index (κ3) is 3.83. The second kappa shape index (κ2) is 7.44. The first-order valence-electron chi connectivity index (χ1n) is 7.79. The molecule has 20 heavy (non-hydrogen) atoms. The van der Waals surface area contributed by atoms with Crippen LogP contribution in [-0.2, 0) is 4.79 Å². The van der Waals surface area contributed by atoms with Gasteiger partial charge in [-0.1, -0.05) is 56.5 Å². The molecule has 3 nitrogen and oxygen atoms in total. The highest BCUT2D eigenvalue weighted by atomic mass is 16.2. The van der Waals surface area contributed by atoms with Crippen LogP contribution in [0.2, 0.25) is 0 Å². The van der Waals surface area contributed by atoms with E-state index in [9.17, 15) is 4.79 Å². The molecule has 1 saturated heterocycles. The van der Waals surface area contributed by atoms with Crippen LogP contribution in [0.1, 0.15) is 50.6 Å². The minimum absolute atomic E-state index is 0.156. The Morgan fingerprint density at radius 3 is 2.20 bits per heavy atom. The van der Waals surface area contributed by atoms with Gasteiger partial charge >= 0.3 is 0 Å². The number of rotatable bonds is 3. The first kappa shape index (κ1) is 15.0. The minimum atomic E-state index is -0.214. The van der Waals surface area contributed by atoms with Crippen molar-refractivity contribution in [2.24, 2.45) is 11.7 Å². The Morgan fingerprint density at radius 1 is 1.05 bits per heavy atom. The molecule has 0 saturated carbocycles. The summed E-state index contributed by atoms with van der Waals surface area (Å²) in [6, 6.07) is 9.71. The van der Waals surface area contributed by atoms with E-state index in [0.29, 0.717) is 0 Å². The van der Waals surface area contributed by atoms with Gasteiger partial charge in [-0.3, -0.25) is 4.79 Å². The highest BCUT2D eigenvalue weighted by Crippen LogP contribution is 2.22. The van der Waals surface area contributed by atoms with Crippen LogP contribution in [0, 0.1) is 5.92 Å². The fourth-order valence-electron chi connectivity index (χ4n) is 2.87. The summed E-state index contributed by atoms with van der Waals surface area (Å²) >= 11 is 0. The Kier molecular flexibility index (Phi) is 5.60. The van der Waals surface area contributed by atoms with Crippen molar-refractivity contribution in [2.45, 2.75) is 45.1 Å². The third-order valence-electron chi connectivity index (χ3n) is 4.28. The van der Waals surface area contributed by atoms with Crippen LogP contribution in [0.3, 0.4) is 0 Å². The molecule has 0 radical (unpaired) electrons. The van der Waals surface area contributed by atoms with Gasteiger partial charge in [0.25, 0.3) is 0 Å². The van der Waals surface area contributed by atoms with Crippen LogP contribution in [0.25, 0.3) is 0 Å². The number of carbonyl (C=O) groups is 1. The van der Waals surface area contributed by atoms with Crippen molar-refractivity contribution in [3.05, 3.63) is 35.9 Å². The lowest BCUT2D eigenvalue weighted by atomic mass is 9.93. The smallest absolute Gasteiger partial charge is 0.227 e. The third-order valence-corrected chi connectivity index (χ3v) is 4.28. The predicted molar refractivity (Wildman–Crippen MR) is 82.2 cm³/mol. The molecule has 3 heteroatoms. The second-order valence-corrected chi connectivity index (χ2v) is 5.82. The van der Waals surface area contributed by atoms with Crippen molar-refractivity contribution in [3.8, 4) is 0 Å². The van der Waals surface area contributed by atoms with Gasteiger partial charge in [-0.2, -0.15) is 0 Å². The van der Waals surface area contributed by atoms with Gasteiger partial charge in [0.15, 0.2) is 0 Å². The number of hydrogen-bond acceptors (Lipinski definition) is 2. The molecule has 2 atom stereocenters. The molecule has 1 heterocycles. The quantitative estimate of drug-likeness (QED) is 0.920. The summed E-state index contributed by atoms with van der Waals surface area (Å²) in [6.45, 7) is 3.74. The molecule has 1 aliphatic rings. The molecule has 2 rings (SSSR count). The van der Waals surface area contributed by atoms with Gasteiger partial charge in [0, 0.05) is 19.1 Å². The van der Waals surface area contributed by atoms with Gasteiger partial charge in [-0.05, 0) is 18.4 Å². The standard InChI is InChI=1S/C17H26N2O/c1-14(16(18)15-10-6-5-7-11-15)17(20)19-12-8-3-2-4-9-13-19/h5-7,10-11,14,16H,2-4,8-9,12-13,18H2,1H3. The molecule has 1 amide bonds. The van der Waals surface area contributed by atoms with Crippen LogP contribution in [0.5, 0.6) is 0 Å². The van der Waals surface area contributed by atoms with Crippen molar-refractivity contribution in [1.82, 2.24) is 4.90 Å². The lowest BCUT2D eigenvalue weighted by molar-refractivity contribution is -0.136. The average molecular weight is 274 g/mol. The number of nitrogens with two attached hydrogens (primary N) is 1. The highest BCUT2D eigenvalue weighted by Gasteiger charge is 2.26. The number of nitrogens with zero attached hydrogens (tertiary/aromatic N) is 1. The van der Waals surface area contributed by atoms with E-state index < -0.39 is 0 Å². The van der Waals surface area contributed by atoms with Crippen LogP contribution in [0.15, 0.2) is 30.3 Å². The molecular weight excluding hydrogens is 248 g/mol. The summed E-state index contributed by atoms with van der Waals surface area (Å²) in [6.07, 6.45) is 6.03. The summed E-state index contributed by atoms with van der Waals surface area (Å²) in [5.41, 5.74) is 7.31. The number of carbonyl (C=O) groups excluding carboxylic acids is 1. The zero-order valence-electron chi connectivity index (χ0n) is 12.4. The topological polar surface area (TPSA) is 46.3 Å². The van der Waals surface area contributed by atoms with Crippen molar-refractivity contribution in [2.75, 3.05) is 13.1 Å². The summed E-state index contributed by atoms with van der Waals surface area (Å²) in [4.78, 5) is 14.6. The fraction of sp³-hybridized carbons (Fsp3) is 0.588. The largest absolute Gasteiger partial charge is 0.342 e. The molecular formula is C17H26N2O. The molecule has 1 aliphatic heterocycles. The molecule has 0 bridgehead atoms. The summed E-state index contributed by atoms with van der Waals surface area (Å²) in [5.74, 6) is 0.0556. The van der Waals surface area contributed by atoms with Gasteiger partial charge < -0.3 is 10.6 Å². The average Bonchev–Trinajstić information content (AvgIpc) is 2.46. The Hall–Kier alpha value is -1.35. The first-order valence-corrected chi connectivity index (χ1v) is 7.79. The van der Waals surface area contributed by atoms with E-state index in [0.717, 1.165) is 31.5 Å². The van der Waals surface area contributed by atoms with Gasteiger partial charge in [-0.25, -0.2) is 0 Å². The number of amides is 1. The molecule has 2 N–H and O–H groups in total. The van der Waals surface area contributed by atoms with E-state index in [1.54, 1.807) is 0 Å². The lowest BCUT2D eigenvalue weighted by Crippen LogP contribution is -2.40. The molecule has 0 spiro atoms. The van der Waals surface area contributed by atoms with E-state index in [4.69, 9.17) is 5.73 Å². The maximum Gasteiger partial charge on any atom is 0.227 e. The Morgan fingerprint density at radius 2 is 1.60 bits per heavy atom. The maximum atomic E-state index is 12.6. The second-order valence-electron chi connectivity index (χ2n) is 5.82. The van der Waals surface area contributed by atoms with Gasteiger partial charge in [0.2, 0.25) is 5.91 Å². The van der Waals surface area contributed by atoms with E-state index in [2.05, 4.69) is 0 Å². The first-order chi connectivity index (χ1) is 9.70. The van der Waals surface area contributed by atoms with Gasteiger partial charge in [0.1, 0.15) is 0 Å². The predicted octanol–water partition coefficient (Wildman–Crippen LogP) is 3.12. The Bertz CT molecular complexity index is 410. The highest BCUT2D eigenvalue weighted by molar-refractivity contribution is 5.79. The van der Waals surface area contributed by atoms with Crippen LogP contribution < -0.4 is 5.73 Å². The normalized spacial score (nSPS) is 19.8. The van der Waals surface area contributed by atoms with E-state index >= 15 is 0 Å². The lowest BCUT2D eigenvalue weighted by Gasteiger charge is -2.30. The van der Waals surface area contributed by atoms with Crippen LogP contribution in [-0.4, -0.2) is 23.9 Å². The minimum Gasteiger partial charge on any atom is -0.342 e. The zero-order chi connectivity index (χ0) is 14.4. The summed E-state index contributed by atoms with van der Waals surface area (Å²) in [5, 5.41) is 0. The molecule has 1 aromatic rings. The molecule has 110 valence electrons. The molecule has 1 aromatic carbocycles. The number of hydrogen-bond donors (Lipinski definition) is 1. The van der Waals surface area contributed by atoms with E-state index in [-0.39, 0.29) is 17.9 Å². The van der Waals surface area contributed by atoms with E-state index in [1.165, 1.54) is 19.3 Å². The van der Waals surface area contributed by atoms with Crippen LogP contribution in [0.4, 0.5) is 0 Å². The molecule has 1 fully saturated rings. The van der Waals surface area contributed by atoms with Crippen molar-refractivity contribution < 1.29 is 4.79 Å². The number of likely N-dealkylation sites (tertiary alicyclic amines) is 1. The number of benzene rings is 1. The monoisotopic (exact) mass is 274 g/mol. The van der Waals surface area contributed by atoms with Crippen LogP contribution >= 0.6 is 0 Å². The molecule has 0 aromatic heterocycles. The fourth-order valence-corrected chi connectivity index (χ4v) is 2.87. The summed E-state index contributed by atoms with van der Waals surface area (Å²) < 4.78 is 0. The zero-order valence-corrected chi connectivity index (χ0v) is 12.4. The van der Waals surface area contributed by atoms with Crippen molar-refractivity contribution >= 4 is 5.91 Å². The molecule has 2 unspecified atom stereocenters. The van der Waals surface area contributed by atoms with Crippen molar-refractivity contribution in [1.29, 1.82) is 0 Å². The summed E-state index contributed by atoms with van der Waals surface area (Å²) in [7, 11) is 0. The van der Waals surface area contributed by atoms with E-state index in [1.807, 2.05) is 42.2 Å². The van der Waals surface area contributed by atoms with Crippen molar-refractivity contribution in [3.63, 3.8) is 0 Å². The van der Waals surface area contributed by atoms with Gasteiger partial charge in [-0.15, -0.1) is 0 Å². The maximum absolute atomic E-state index is 12.6. The van der Waals surface area contributed by atoms with Gasteiger partial charge in [0.05, 0.1) is 5.92 Å².